The summed E-state index contributed by atoms with van der Waals surface area (Å²) < 4.78 is 48.0. The number of hydrogen-bond acceptors (Lipinski definition) is 0. The van der Waals surface area contributed by atoms with Crippen molar-refractivity contribution in [2.75, 3.05) is 0 Å². The van der Waals surface area contributed by atoms with Crippen LogP contribution in [0.4, 0.5) is 0 Å². The van der Waals surface area contributed by atoms with Crippen molar-refractivity contribution >= 4 is 72.4 Å². The molecule has 0 aliphatic heterocycles. The van der Waals surface area contributed by atoms with Crippen LogP contribution < -0.4 is 20.7 Å². The molecule has 0 saturated heterocycles. The van der Waals surface area contributed by atoms with Gasteiger partial charge >= 0.3 is 0 Å². The normalized spacial score (nSPS) is 14.8. The lowest BCUT2D eigenvalue weighted by Gasteiger charge is -2.34. The molecule has 0 unspecified atom stereocenters. The van der Waals surface area contributed by atoms with E-state index in [1.807, 2.05) is 18.2 Å². The second kappa shape index (κ2) is 15.6. The molecule has 1 aliphatic carbocycles. The van der Waals surface area contributed by atoms with Crippen molar-refractivity contribution in [1.82, 2.24) is 9.13 Å². The van der Waals surface area contributed by atoms with Crippen molar-refractivity contribution in [1.29, 1.82) is 0 Å². The molecule has 2 heterocycles. The molecular weight excluding hydrogens is 777 g/mol. The van der Waals surface area contributed by atoms with Gasteiger partial charge in [-0.15, -0.1) is 0 Å². The maximum absolute atomic E-state index is 8.94. The van der Waals surface area contributed by atoms with E-state index in [0.29, 0.717) is 11.5 Å². The van der Waals surface area contributed by atoms with Crippen molar-refractivity contribution in [3.05, 3.63) is 230 Å². The van der Waals surface area contributed by atoms with Gasteiger partial charge in [0.05, 0.1) is 28.9 Å². The fraction of sp³-hybridized carbons (Fsp3) is 0.100. The Morgan fingerprint density at radius 3 is 1.57 bits per heavy atom. The van der Waals surface area contributed by atoms with Crippen molar-refractivity contribution in [2.24, 2.45) is 0 Å². The van der Waals surface area contributed by atoms with Crippen LogP contribution in [0, 0.1) is 0 Å². The number of hydrogen-bond donors (Lipinski definition) is 0. The lowest BCUT2D eigenvalue weighted by Crippen LogP contribution is -2.74. The summed E-state index contributed by atoms with van der Waals surface area (Å²) in [4.78, 5) is 0. The third-order valence-electron chi connectivity index (χ3n) is 13.7. The second-order valence-corrected chi connectivity index (χ2v) is 20.9. The van der Waals surface area contributed by atoms with Gasteiger partial charge in [-0.2, -0.15) is 0 Å². The maximum atomic E-state index is 8.94. The first kappa shape index (κ1) is 32.5. The van der Waals surface area contributed by atoms with Gasteiger partial charge in [0.15, 0.2) is 8.07 Å². The van der Waals surface area contributed by atoms with Crippen molar-refractivity contribution in [3.63, 3.8) is 0 Å². The Labute approximate surface area is 377 Å². The highest BCUT2D eigenvalue weighted by Gasteiger charge is 2.41. The van der Waals surface area contributed by atoms with Crippen LogP contribution in [0.2, 0.25) is 0 Å². The first-order valence-corrected chi connectivity index (χ1v) is 24.3. The first-order valence-electron chi connectivity index (χ1n) is 24.8. The Bertz CT molecular complexity index is 3580. The minimum absolute atomic E-state index is 0.195. The average molecular weight is 830 g/mol. The van der Waals surface area contributed by atoms with E-state index in [1.54, 1.807) is 0 Å². The fourth-order valence-electron chi connectivity index (χ4n) is 10.9. The van der Waals surface area contributed by atoms with Crippen LogP contribution in [0.25, 0.3) is 66.1 Å². The van der Waals surface area contributed by atoms with Gasteiger partial charge in [0, 0.05) is 32.9 Å². The number of para-hydroxylation sites is 1. The lowest BCUT2D eigenvalue weighted by molar-refractivity contribution is 0.444. The van der Waals surface area contributed by atoms with Crippen LogP contribution in [0.5, 0.6) is 0 Å². The Kier molecular flexibility index (Phi) is 8.05. The fourth-order valence-corrected chi connectivity index (χ4v) is 15.6. The van der Waals surface area contributed by atoms with Crippen LogP contribution >= 0.6 is 0 Å². The van der Waals surface area contributed by atoms with E-state index < -0.39 is 14.1 Å². The van der Waals surface area contributed by atoms with Crippen LogP contribution in [0.1, 0.15) is 50.4 Å². The van der Waals surface area contributed by atoms with E-state index in [0.717, 1.165) is 38.7 Å². The molecule has 12 rings (SSSR count). The molecule has 2 nitrogen and oxygen atoms in total. The summed E-state index contributed by atoms with van der Waals surface area (Å²) in [5.74, 6) is 0.562. The van der Waals surface area contributed by atoms with Crippen molar-refractivity contribution in [2.45, 2.75) is 38.0 Å². The average Bonchev–Trinajstić information content (AvgIpc) is 3.91. The number of aromatic nitrogens is 2. The molecular formula is C60H48N2Si. The molecule has 11 aromatic rings. The molecule has 0 amide bonds. The quantitative estimate of drug-likeness (QED) is 0.107. The minimum atomic E-state index is -2.77. The smallest absolute Gasteiger partial charge is 0.179 e. The third-order valence-corrected chi connectivity index (χ3v) is 18.5. The molecule has 302 valence electrons. The molecule has 1 fully saturated rings. The molecule has 2 aromatic heterocycles. The SMILES string of the molecule is [2H]c1c([2H])c([2H])c(-c2ccc3c(c2)c2cc(-n4c5ccccc5c5ccc(C6CCCCC6)cc54)ccc2n3-c2ccc([Si](c3ccccc3)(c3ccccc3)c3ccccc3)cc2)c([2H])c1[2H]. The molecule has 1 saturated carbocycles. The van der Waals surface area contributed by atoms with Gasteiger partial charge in [-0.05, 0) is 111 Å². The molecule has 0 bridgehead atoms. The highest BCUT2D eigenvalue weighted by atomic mass is 28.3. The Morgan fingerprint density at radius 2 is 0.905 bits per heavy atom. The van der Waals surface area contributed by atoms with Gasteiger partial charge in [0.25, 0.3) is 0 Å². The summed E-state index contributed by atoms with van der Waals surface area (Å²) in [7, 11) is -2.77. The van der Waals surface area contributed by atoms with E-state index in [9.17, 15) is 0 Å². The van der Waals surface area contributed by atoms with Crippen molar-refractivity contribution in [3.8, 4) is 22.5 Å². The molecule has 1 aliphatic rings. The van der Waals surface area contributed by atoms with Crippen LogP contribution in [0.15, 0.2) is 224 Å². The number of benzene rings is 9. The van der Waals surface area contributed by atoms with E-state index in [2.05, 4.69) is 185 Å². The van der Waals surface area contributed by atoms with Gasteiger partial charge in [0.1, 0.15) is 0 Å². The van der Waals surface area contributed by atoms with E-state index in [1.165, 1.54) is 74.7 Å². The minimum Gasteiger partial charge on any atom is -0.309 e. The summed E-state index contributed by atoms with van der Waals surface area (Å²) >= 11 is 0. The van der Waals surface area contributed by atoms with Gasteiger partial charge in [0.2, 0.25) is 0 Å². The molecule has 0 radical (unpaired) electrons. The van der Waals surface area contributed by atoms with Crippen LogP contribution in [0.3, 0.4) is 0 Å². The summed E-state index contributed by atoms with van der Waals surface area (Å²) in [6, 6.07) is 69.0. The second-order valence-electron chi connectivity index (χ2n) is 17.1. The maximum Gasteiger partial charge on any atom is 0.179 e. The van der Waals surface area contributed by atoms with Crippen molar-refractivity contribution < 1.29 is 6.85 Å². The molecule has 9 aromatic carbocycles. The topological polar surface area (TPSA) is 9.86 Å². The lowest BCUT2D eigenvalue weighted by atomic mass is 9.84. The molecule has 63 heavy (non-hydrogen) atoms. The molecule has 0 atom stereocenters. The Morgan fingerprint density at radius 1 is 0.381 bits per heavy atom. The zero-order chi connectivity index (χ0) is 46.1. The van der Waals surface area contributed by atoms with Gasteiger partial charge < -0.3 is 9.13 Å². The standard InChI is InChI=1S/C60H48N2Si/c1-6-18-43(19-7-1)45-31-38-58-55(40-45)56-42-48(62-57-29-17-16-28-53(57)54-37-30-46(41-60(54)62)44-20-8-2-9-21-44)34-39-59(56)61(58)47-32-35-52(36-33-47)63(49-22-10-3-11-23-49,50-24-12-4-13-25-50)51-26-14-5-15-27-51/h1,3-7,10-19,22-42,44H,2,8-9,20-21H2/i1D,6D,7D,18D,19D. The Hall–Kier alpha value is -7.20. The summed E-state index contributed by atoms with van der Waals surface area (Å²) in [6.07, 6.45) is 6.31. The third kappa shape index (κ3) is 6.21. The monoisotopic (exact) mass is 829 g/mol. The Balaban J connectivity index is 1.10. The van der Waals surface area contributed by atoms with Gasteiger partial charge in [-0.1, -0.05) is 189 Å². The number of fused-ring (bicyclic) bond motifs is 6. The van der Waals surface area contributed by atoms with Gasteiger partial charge in [-0.25, -0.2) is 0 Å². The zero-order valence-electron chi connectivity index (χ0n) is 40.0. The molecule has 3 heteroatoms. The number of nitrogens with zero attached hydrogens (tertiary/aromatic N) is 2. The van der Waals surface area contributed by atoms with Crippen LogP contribution in [-0.4, -0.2) is 17.2 Å². The van der Waals surface area contributed by atoms with E-state index in [4.69, 9.17) is 6.85 Å². The summed E-state index contributed by atoms with van der Waals surface area (Å²) in [5, 5.41) is 9.58. The largest absolute Gasteiger partial charge is 0.309 e. The first-order chi connectivity index (χ1) is 33.3. The highest BCUT2D eigenvalue weighted by Crippen LogP contribution is 2.40. The van der Waals surface area contributed by atoms with E-state index in [-0.39, 0.29) is 29.7 Å². The highest BCUT2D eigenvalue weighted by molar-refractivity contribution is 7.19. The van der Waals surface area contributed by atoms with E-state index >= 15 is 0 Å². The van der Waals surface area contributed by atoms with Crippen LogP contribution in [-0.2, 0) is 0 Å². The van der Waals surface area contributed by atoms with Gasteiger partial charge in [-0.3, -0.25) is 0 Å². The summed E-state index contributed by atoms with van der Waals surface area (Å²) in [6.45, 7) is 0. The predicted molar refractivity (Wildman–Crippen MR) is 270 cm³/mol. The zero-order valence-corrected chi connectivity index (χ0v) is 36.0. The molecule has 0 spiro atoms. The number of rotatable bonds is 8. The predicted octanol–water partition coefficient (Wildman–Crippen LogP) is 13.0. The summed E-state index contributed by atoms with van der Waals surface area (Å²) in [5.41, 5.74) is 8.52. The molecule has 0 N–H and O–H groups in total.